The van der Waals surface area contributed by atoms with E-state index in [1.165, 1.54) is 99.3 Å². The summed E-state index contributed by atoms with van der Waals surface area (Å²) in [6, 6.07) is 81.2. The summed E-state index contributed by atoms with van der Waals surface area (Å²) in [7, 11) is 0. The van der Waals surface area contributed by atoms with Crippen LogP contribution < -0.4 is 0 Å². The molecule has 0 saturated carbocycles. The van der Waals surface area contributed by atoms with Crippen LogP contribution in [-0.2, 0) is 5.41 Å². The van der Waals surface area contributed by atoms with Crippen molar-refractivity contribution in [2.45, 2.75) is 17.9 Å². The molecule has 0 fully saturated rings. The van der Waals surface area contributed by atoms with Gasteiger partial charge in [0.15, 0.2) is 0 Å². The first-order valence-corrected chi connectivity index (χ1v) is 22.1. The highest BCUT2D eigenvalue weighted by Gasteiger charge is 2.46. The Morgan fingerprint density at radius 3 is 1.79 bits per heavy atom. The van der Waals surface area contributed by atoms with E-state index in [0.717, 1.165) is 12.1 Å². The summed E-state index contributed by atoms with van der Waals surface area (Å²) in [4.78, 5) is 0. The van der Waals surface area contributed by atoms with Gasteiger partial charge < -0.3 is 9.13 Å². The minimum absolute atomic E-state index is 0.182. The molecule has 0 radical (unpaired) electrons. The number of allylic oxidation sites excluding steroid dienone is 4. The smallest absolute Gasteiger partial charge is 0.0713 e. The van der Waals surface area contributed by atoms with Crippen LogP contribution in [0.1, 0.15) is 40.3 Å². The van der Waals surface area contributed by atoms with Gasteiger partial charge in [-0.05, 0) is 92.9 Å². The Morgan fingerprint density at radius 2 is 1.05 bits per heavy atom. The maximum atomic E-state index is 2.60. The van der Waals surface area contributed by atoms with Crippen LogP contribution in [0.3, 0.4) is 0 Å². The van der Waals surface area contributed by atoms with Crippen molar-refractivity contribution in [2.24, 2.45) is 0 Å². The molecule has 0 saturated heterocycles. The second kappa shape index (κ2) is 14.1. The molecule has 2 aliphatic carbocycles. The minimum atomic E-state index is -0.475. The van der Waals surface area contributed by atoms with Gasteiger partial charge in [0, 0.05) is 38.3 Å². The molecule has 11 aromatic rings. The Morgan fingerprint density at radius 1 is 0.413 bits per heavy atom. The summed E-state index contributed by atoms with van der Waals surface area (Å²) in [5.41, 5.74) is 18.4. The van der Waals surface area contributed by atoms with Crippen molar-refractivity contribution < 1.29 is 0 Å². The number of aromatic nitrogens is 2. The zero-order chi connectivity index (χ0) is 41.5. The summed E-state index contributed by atoms with van der Waals surface area (Å²) < 4.78 is 5.07. The fourth-order valence-electron chi connectivity index (χ4n) is 11.3. The molecule has 0 aliphatic heterocycles. The molecule has 2 nitrogen and oxygen atoms in total. The van der Waals surface area contributed by atoms with Crippen molar-refractivity contribution >= 4 is 49.2 Å². The van der Waals surface area contributed by atoms with Crippen LogP contribution in [-0.4, -0.2) is 9.13 Å². The van der Waals surface area contributed by atoms with Crippen molar-refractivity contribution in [1.82, 2.24) is 9.13 Å². The number of para-hydroxylation sites is 3. The second-order valence-electron chi connectivity index (χ2n) is 17.1. The fraction of sp³-hybridized carbons (Fsp3) is 0.0492. The lowest BCUT2D eigenvalue weighted by atomic mass is 9.67. The first-order chi connectivity index (χ1) is 31.3. The zero-order valence-electron chi connectivity index (χ0n) is 34.7. The first-order valence-electron chi connectivity index (χ1n) is 22.1. The molecular weight excluding hydrogens is 761 g/mol. The molecule has 2 aliphatic rings. The molecular formula is C61H42N2. The normalized spacial score (nSPS) is 15.2. The van der Waals surface area contributed by atoms with Crippen LogP contribution in [0.15, 0.2) is 237 Å². The predicted molar refractivity (Wildman–Crippen MR) is 264 cm³/mol. The molecule has 1 atom stereocenters. The Hall–Kier alpha value is -7.94. The van der Waals surface area contributed by atoms with Crippen LogP contribution >= 0.6 is 0 Å². The van der Waals surface area contributed by atoms with Crippen LogP contribution in [0, 0.1) is 0 Å². The Bertz CT molecular complexity index is 3590. The third-order valence-electron chi connectivity index (χ3n) is 13.9. The number of fused-ring (bicyclic) bond motifs is 9. The molecule has 296 valence electrons. The lowest BCUT2D eigenvalue weighted by molar-refractivity contribution is 0.650. The van der Waals surface area contributed by atoms with Gasteiger partial charge in [-0.3, -0.25) is 0 Å². The highest BCUT2D eigenvalue weighted by atomic mass is 15.0. The Labute approximate surface area is 367 Å². The topological polar surface area (TPSA) is 9.86 Å². The summed E-state index contributed by atoms with van der Waals surface area (Å²) in [5.74, 6) is 0. The van der Waals surface area contributed by atoms with Gasteiger partial charge in [-0.2, -0.15) is 0 Å². The third kappa shape index (κ3) is 5.25. The fourth-order valence-corrected chi connectivity index (χ4v) is 11.3. The molecule has 2 aromatic heterocycles. The molecule has 13 rings (SSSR count). The largest absolute Gasteiger partial charge is 0.333 e. The van der Waals surface area contributed by atoms with Gasteiger partial charge in [0.1, 0.15) is 0 Å². The van der Waals surface area contributed by atoms with E-state index in [-0.39, 0.29) is 6.04 Å². The van der Waals surface area contributed by atoms with E-state index < -0.39 is 5.41 Å². The monoisotopic (exact) mass is 802 g/mol. The van der Waals surface area contributed by atoms with Gasteiger partial charge in [-0.1, -0.05) is 200 Å². The Balaban J connectivity index is 1.04. The molecule has 1 unspecified atom stereocenters. The lowest BCUT2D eigenvalue weighted by Gasteiger charge is -2.34. The molecule has 2 heterocycles. The maximum Gasteiger partial charge on any atom is 0.0713 e. The average Bonchev–Trinajstić information content (AvgIpc) is 3.99. The van der Waals surface area contributed by atoms with Gasteiger partial charge in [0.25, 0.3) is 0 Å². The summed E-state index contributed by atoms with van der Waals surface area (Å²) in [6.07, 6.45) is 8.05. The summed E-state index contributed by atoms with van der Waals surface area (Å²) in [5, 5.41) is 5.06. The lowest BCUT2D eigenvalue weighted by Crippen LogP contribution is -2.28. The summed E-state index contributed by atoms with van der Waals surface area (Å²) in [6.45, 7) is 0. The van der Waals surface area contributed by atoms with Crippen LogP contribution in [0.4, 0.5) is 0 Å². The number of hydrogen-bond donors (Lipinski definition) is 0. The molecule has 9 aromatic carbocycles. The average molecular weight is 803 g/mol. The van der Waals surface area contributed by atoms with E-state index in [9.17, 15) is 0 Å². The van der Waals surface area contributed by atoms with Gasteiger partial charge in [0.05, 0.1) is 28.0 Å². The van der Waals surface area contributed by atoms with E-state index in [4.69, 9.17) is 0 Å². The van der Waals surface area contributed by atoms with Gasteiger partial charge in [-0.25, -0.2) is 0 Å². The van der Waals surface area contributed by atoms with E-state index in [2.05, 4.69) is 246 Å². The standard InChI is InChI=1S/C61H42N2/c1-4-17-41(18-5-1)42-31-35-47(36-32-42)63-57-30-15-12-25-51(57)53-27-16-26-48(60(53)63)43-33-37-52-54-40-45(34-38-58(54)62(59(52)39-43)46-21-8-3-9-22-46)61(44-19-6-2-7-20-44)55-28-13-10-23-49(55)50-24-11-14-29-56(50)61/h1-35,37-40,47H,36H2. The number of hydrogen-bond acceptors (Lipinski definition) is 0. The van der Waals surface area contributed by atoms with Crippen LogP contribution in [0.2, 0.25) is 0 Å². The SMILES string of the molecule is C1=CC(n2c3ccccc3c3cccc(-c4ccc5c6cc(C7(c8ccccc8)c8ccccc8-c8ccccc87)ccc6n(-c6ccccc6)c5c4)c32)CC=C1c1ccccc1. The van der Waals surface area contributed by atoms with Crippen molar-refractivity contribution in [3.8, 4) is 27.9 Å². The van der Waals surface area contributed by atoms with Crippen molar-refractivity contribution in [3.05, 3.63) is 264 Å². The van der Waals surface area contributed by atoms with E-state index in [1.54, 1.807) is 0 Å². The molecule has 2 heteroatoms. The van der Waals surface area contributed by atoms with Crippen LogP contribution in [0.25, 0.3) is 77.1 Å². The van der Waals surface area contributed by atoms with Crippen molar-refractivity contribution in [3.63, 3.8) is 0 Å². The quantitative estimate of drug-likeness (QED) is 0.158. The van der Waals surface area contributed by atoms with Crippen molar-refractivity contribution in [2.75, 3.05) is 0 Å². The Kier molecular flexibility index (Phi) is 7.98. The molecule has 0 bridgehead atoms. The number of rotatable bonds is 6. The van der Waals surface area contributed by atoms with E-state index in [1.807, 2.05) is 0 Å². The summed E-state index contributed by atoms with van der Waals surface area (Å²) >= 11 is 0. The van der Waals surface area contributed by atoms with Gasteiger partial charge in [0.2, 0.25) is 0 Å². The maximum absolute atomic E-state index is 2.60. The second-order valence-corrected chi connectivity index (χ2v) is 17.1. The molecule has 0 spiro atoms. The number of nitrogens with zero attached hydrogens (tertiary/aromatic N) is 2. The van der Waals surface area contributed by atoms with E-state index in [0.29, 0.717) is 0 Å². The van der Waals surface area contributed by atoms with Crippen molar-refractivity contribution in [1.29, 1.82) is 0 Å². The highest BCUT2D eigenvalue weighted by molar-refractivity contribution is 6.15. The highest BCUT2D eigenvalue weighted by Crippen LogP contribution is 2.56. The minimum Gasteiger partial charge on any atom is -0.333 e. The van der Waals surface area contributed by atoms with Gasteiger partial charge in [-0.15, -0.1) is 0 Å². The molecule has 0 amide bonds. The number of benzene rings is 9. The third-order valence-corrected chi connectivity index (χ3v) is 13.9. The zero-order valence-corrected chi connectivity index (χ0v) is 34.7. The van der Waals surface area contributed by atoms with Gasteiger partial charge >= 0.3 is 0 Å². The first kappa shape index (κ1) is 35.8. The molecule has 63 heavy (non-hydrogen) atoms. The van der Waals surface area contributed by atoms with Crippen LogP contribution in [0.5, 0.6) is 0 Å². The van der Waals surface area contributed by atoms with E-state index >= 15 is 0 Å². The molecule has 0 N–H and O–H groups in total. The predicted octanol–water partition coefficient (Wildman–Crippen LogP) is 15.5.